The summed E-state index contributed by atoms with van der Waals surface area (Å²) in [6, 6.07) is 4.54. The summed E-state index contributed by atoms with van der Waals surface area (Å²) in [4.78, 5) is 22.3. The second-order valence-electron chi connectivity index (χ2n) is 3.06. The molecule has 78 valence electrons. The number of carboxylic acids is 1. The molecule has 0 aromatic carbocycles. The van der Waals surface area contributed by atoms with Crippen molar-refractivity contribution in [2.24, 2.45) is 0 Å². The molecule has 2 aromatic rings. The Kier molecular flexibility index (Phi) is 2.20. The smallest absolute Gasteiger partial charge is 0.345 e. The lowest BCUT2D eigenvalue weighted by atomic mass is 10.5. The summed E-state index contributed by atoms with van der Waals surface area (Å²) in [6.07, 6.45) is 0. The maximum absolute atomic E-state index is 11.4. The number of H-pyrrole nitrogens is 1. The van der Waals surface area contributed by atoms with Crippen LogP contribution in [0.25, 0.3) is 5.00 Å². The van der Waals surface area contributed by atoms with Gasteiger partial charge in [0.1, 0.15) is 9.88 Å². The number of carbonyl (C=O) groups is 1. The molecule has 0 saturated heterocycles. The summed E-state index contributed by atoms with van der Waals surface area (Å²) in [5.74, 6) is -0.984. The molecule has 0 saturated carbocycles. The number of rotatable bonds is 2. The van der Waals surface area contributed by atoms with Crippen LogP contribution >= 0.6 is 11.3 Å². The van der Waals surface area contributed by atoms with Crippen LogP contribution in [0.4, 0.5) is 0 Å². The molecule has 0 spiro atoms. The standard InChI is InChI=1S/C9H8N2O3S/c1-5-4-7(12)11(10-5)8-3-2-6(15-8)9(13)14/h2-4,10H,1H3,(H,13,14). The molecular weight excluding hydrogens is 216 g/mol. The van der Waals surface area contributed by atoms with Gasteiger partial charge >= 0.3 is 5.97 Å². The van der Waals surface area contributed by atoms with Crippen LogP contribution < -0.4 is 5.56 Å². The summed E-state index contributed by atoms with van der Waals surface area (Å²) in [5, 5.41) is 12.1. The normalized spacial score (nSPS) is 10.5. The van der Waals surface area contributed by atoms with Gasteiger partial charge in [-0.1, -0.05) is 0 Å². The number of aromatic amines is 1. The molecule has 0 atom stereocenters. The average Bonchev–Trinajstić information content (AvgIpc) is 2.71. The van der Waals surface area contributed by atoms with Gasteiger partial charge in [-0.05, 0) is 19.1 Å². The quantitative estimate of drug-likeness (QED) is 0.805. The molecule has 0 unspecified atom stereocenters. The molecule has 0 aliphatic carbocycles. The highest BCUT2D eigenvalue weighted by atomic mass is 32.1. The van der Waals surface area contributed by atoms with E-state index in [4.69, 9.17) is 5.11 Å². The highest BCUT2D eigenvalue weighted by Gasteiger charge is 2.09. The van der Waals surface area contributed by atoms with E-state index in [1.54, 1.807) is 13.0 Å². The van der Waals surface area contributed by atoms with Gasteiger partial charge in [-0.2, -0.15) is 0 Å². The molecule has 2 heterocycles. The van der Waals surface area contributed by atoms with E-state index in [0.29, 0.717) is 5.00 Å². The summed E-state index contributed by atoms with van der Waals surface area (Å²) < 4.78 is 1.33. The van der Waals surface area contributed by atoms with E-state index in [9.17, 15) is 9.59 Å². The fraction of sp³-hybridized carbons (Fsp3) is 0.111. The van der Waals surface area contributed by atoms with E-state index in [2.05, 4.69) is 5.10 Å². The maximum Gasteiger partial charge on any atom is 0.345 e. The van der Waals surface area contributed by atoms with Crippen LogP contribution in [-0.2, 0) is 0 Å². The Labute approximate surface area is 88.6 Å². The minimum Gasteiger partial charge on any atom is -0.477 e. The average molecular weight is 224 g/mol. The van der Waals surface area contributed by atoms with Crippen molar-refractivity contribution < 1.29 is 9.90 Å². The van der Waals surface area contributed by atoms with Gasteiger partial charge in [-0.3, -0.25) is 9.89 Å². The van der Waals surface area contributed by atoms with Crippen LogP contribution in [0.3, 0.4) is 0 Å². The van der Waals surface area contributed by atoms with Crippen molar-refractivity contribution in [1.82, 2.24) is 9.78 Å². The molecule has 5 nitrogen and oxygen atoms in total. The number of aromatic nitrogens is 2. The van der Waals surface area contributed by atoms with Crippen molar-refractivity contribution in [3.8, 4) is 5.00 Å². The van der Waals surface area contributed by atoms with E-state index in [1.165, 1.54) is 16.8 Å². The third-order valence-corrected chi connectivity index (χ3v) is 2.93. The van der Waals surface area contributed by atoms with Crippen molar-refractivity contribution in [2.45, 2.75) is 6.92 Å². The molecule has 0 aliphatic rings. The summed E-state index contributed by atoms with van der Waals surface area (Å²) >= 11 is 1.05. The van der Waals surface area contributed by atoms with Crippen LogP contribution in [0.5, 0.6) is 0 Å². The van der Waals surface area contributed by atoms with Crippen molar-refractivity contribution in [3.05, 3.63) is 39.1 Å². The zero-order valence-electron chi connectivity index (χ0n) is 7.85. The van der Waals surface area contributed by atoms with Gasteiger partial charge in [0.05, 0.1) is 0 Å². The first kappa shape index (κ1) is 9.72. The van der Waals surface area contributed by atoms with E-state index >= 15 is 0 Å². The van der Waals surface area contributed by atoms with Crippen LogP contribution in [0.2, 0.25) is 0 Å². The second kappa shape index (κ2) is 3.39. The molecule has 2 N–H and O–H groups in total. The third kappa shape index (κ3) is 1.71. The predicted molar refractivity (Wildman–Crippen MR) is 56.0 cm³/mol. The molecule has 6 heteroatoms. The second-order valence-corrected chi connectivity index (χ2v) is 4.12. The van der Waals surface area contributed by atoms with Gasteiger partial charge in [-0.15, -0.1) is 11.3 Å². The van der Waals surface area contributed by atoms with E-state index < -0.39 is 5.97 Å². The van der Waals surface area contributed by atoms with Gasteiger partial charge in [0.25, 0.3) is 5.56 Å². The van der Waals surface area contributed by atoms with Gasteiger partial charge in [0, 0.05) is 11.8 Å². The van der Waals surface area contributed by atoms with Crippen molar-refractivity contribution in [3.63, 3.8) is 0 Å². The molecule has 0 fully saturated rings. The fourth-order valence-electron chi connectivity index (χ4n) is 1.24. The number of nitrogens with zero attached hydrogens (tertiary/aromatic N) is 1. The number of aryl methyl sites for hydroxylation is 1. The van der Waals surface area contributed by atoms with E-state index in [-0.39, 0.29) is 10.4 Å². The number of thiophene rings is 1. The van der Waals surface area contributed by atoms with Crippen LogP contribution in [0.15, 0.2) is 23.0 Å². The lowest BCUT2D eigenvalue weighted by Gasteiger charge is -1.94. The topological polar surface area (TPSA) is 75.1 Å². The van der Waals surface area contributed by atoms with Gasteiger partial charge in [0.2, 0.25) is 0 Å². The Balaban J connectivity index is 2.50. The number of nitrogens with one attached hydrogen (secondary N) is 1. The first-order valence-corrected chi connectivity index (χ1v) is 5.02. The van der Waals surface area contributed by atoms with E-state index in [1.807, 2.05) is 0 Å². The molecule has 0 radical (unpaired) electrons. The van der Waals surface area contributed by atoms with Gasteiger partial charge < -0.3 is 5.11 Å². The zero-order valence-corrected chi connectivity index (χ0v) is 8.67. The molecule has 2 rings (SSSR count). The van der Waals surface area contributed by atoms with Crippen molar-refractivity contribution in [2.75, 3.05) is 0 Å². The summed E-state index contributed by atoms with van der Waals surface area (Å²) in [6.45, 7) is 1.77. The Bertz CT molecular complexity index is 564. The number of carboxylic acid groups (broad SMARTS) is 1. The van der Waals surface area contributed by atoms with Crippen molar-refractivity contribution in [1.29, 1.82) is 0 Å². The molecule has 0 aliphatic heterocycles. The first-order chi connectivity index (χ1) is 7.08. The third-order valence-electron chi connectivity index (χ3n) is 1.87. The number of aromatic carboxylic acids is 1. The first-order valence-electron chi connectivity index (χ1n) is 4.20. The Morgan fingerprint density at radius 2 is 2.27 bits per heavy atom. The van der Waals surface area contributed by atoms with Crippen LogP contribution in [-0.4, -0.2) is 20.9 Å². The Hall–Kier alpha value is -1.82. The number of hydrogen-bond donors (Lipinski definition) is 2. The highest BCUT2D eigenvalue weighted by molar-refractivity contribution is 7.16. The summed E-state index contributed by atoms with van der Waals surface area (Å²) in [5.41, 5.74) is 0.552. The fourth-order valence-corrected chi connectivity index (χ4v) is 2.05. The monoisotopic (exact) mass is 224 g/mol. The maximum atomic E-state index is 11.4. The molecular formula is C9H8N2O3S. The minimum atomic E-state index is -0.984. The zero-order chi connectivity index (χ0) is 11.0. The predicted octanol–water partition coefficient (Wildman–Crippen LogP) is 1.23. The highest BCUT2D eigenvalue weighted by Crippen LogP contribution is 2.18. The Morgan fingerprint density at radius 1 is 1.53 bits per heavy atom. The molecule has 0 amide bonds. The van der Waals surface area contributed by atoms with Crippen LogP contribution in [0.1, 0.15) is 15.4 Å². The largest absolute Gasteiger partial charge is 0.477 e. The van der Waals surface area contributed by atoms with Crippen molar-refractivity contribution >= 4 is 17.3 Å². The lowest BCUT2D eigenvalue weighted by Crippen LogP contribution is -2.11. The SMILES string of the molecule is Cc1cc(=O)n(-c2ccc(C(=O)O)s2)[nH]1. The lowest BCUT2D eigenvalue weighted by molar-refractivity contribution is 0.0702. The summed E-state index contributed by atoms with van der Waals surface area (Å²) in [7, 11) is 0. The Morgan fingerprint density at radius 3 is 2.73 bits per heavy atom. The van der Waals surface area contributed by atoms with E-state index in [0.717, 1.165) is 17.0 Å². The van der Waals surface area contributed by atoms with Gasteiger partial charge in [-0.25, -0.2) is 9.48 Å². The number of hydrogen-bond acceptors (Lipinski definition) is 3. The van der Waals surface area contributed by atoms with Gasteiger partial charge in [0.15, 0.2) is 0 Å². The molecule has 0 bridgehead atoms. The molecule has 2 aromatic heterocycles. The van der Waals surface area contributed by atoms with Crippen LogP contribution in [0, 0.1) is 6.92 Å². The minimum absolute atomic E-state index is 0.189. The molecule has 15 heavy (non-hydrogen) atoms.